The zero-order chi connectivity index (χ0) is 9.80. The molecule has 14 heavy (non-hydrogen) atoms. The van der Waals surface area contributed by atoms with Gasteiger partial charge in [0.2, 0.25) is 0 Å². The molecule has 0 spiro atoms. The first-order valence-electron chi connectivity index (χ1n) is 5.24. The molecule has 1 atom stereocenters. The molecule has 1 aliphatic heterocycles. The summed E-state index contributed by atoms with van der Waals surface area (Å²) in [6, 6.07) is 3.80. The van der Waals surface area contributed by atoms with Crippen LogP contribution >= 0.6 is 0 Å². The molecule has 1 N–H and O–H groups in total. The summed E-state index contributed by atoms with van der Waals surface area (Å²) in [7, 11) is 0. The minimum atomic E-state index is 0.0813. The first kappa shape index (κ1) is 9.46. The van der Waals surface area contributed by atoms with Gasteiger partial charge in [0.25, 0.3) is 0 Å². The van der Waals surface area contributed by atoms with Gasteiger partial charge >= 0.3 is 0 Å². The Bertz CT molecular complexity index is 319. The lowest BCUT2D eigenvalue weighted by atomic mass is 10.1. The maximum atomic E-state index is 10.9. The average Bonchev–Trinajstić information content (AvgIpc) is 2.23. The van der Waals surface area contributed by atoms with Crippen molar-refractivity contribution in [2.75, 3.05) is 6.54 Å². The lowest BCUT2D eigenvalue weighted by molar-refractivity contribution is 0.362. The quantitative estimate of drug-likeness (QED) is 0.758. The number of pyridine rings is 1. The van der Waals surface area contributed by atoms with Crippen molar-refractivity contribution in [2.24, 2.45) is 0 Å². The van der Waals surface area contributed by atoms with Crippen LogP contribution in [0.25, 0.3) is 0 Å². The van der Waals surface area contributed by atoms with E-state index < -0.39 is 0 Å². The van der Waals surface area contributed by atoms with E-state index in [0.717, 1.165) is 13.1 Å². The smallest absolute Gasteiger partial charge is 0.181 e. The van der Waals surface area contributed by atoms with Gasteiger partial charge in [0, 0.05) is 37.1 Å². The topological polar surface area (TPSA) is 34.0 Å². The van der Waals surface area contributed by atoms with Crippen LogP contribution in [-0.4, -0.2) is 17.2 Å². The summed E-state index contributed by atoms with van der Waals surface area (Å²) in [5.74, 6) is 0. The predicted molar refractivity (Wildman–Crippen MR) is 56.3 cm³/mol. The van der Waals surface area contributed by atoms with Crippen LogP contribution < -0.4 is 10.7 Å². The van der Waals surface area contributed by atoms with Gasteiger partial charge in [-0.2, -0.15) is 0 Å². The summed E-state index contributed by atoms with van der Waals surface area (Å²) in [5.41, 5.74) is 0.0813. The van der Waals surface area contributed by atoms with Gasteiger partial charge in [-0.3, -0.25) is 4.79 Å². The van der Waals surface area contributed by atoms with Crippen molar-refractivity contribution in [1.82, 2.24) is 9.88 Å². The molecule has 1 fully saturated rings. The summed E-state index contributed by atoms with van der Waals surface area (Å²) in [6.07, 6.45) is 7.57. The molecule has 0 saturated carbocycles. The lowest BCUT2D eigenvalue weighted by Gasteiger charge is -2.24. The van der Waals surface area contributed by atoms with Gasteiger partial charge in [-0.15, -0.1) is 0 Å². The summed E-state index contributed by atoms with van der Waals surface area (Å²) in [6.45, 7) is 2.10. The van der Waals surface area contributed by atoms with Crippen LogP contribution in [0.5, 0.6) is 0 Å². The molecule has 1 aromatic rings. The van der Waals surface area contributed by atoms with Crippen LogP contribution in [0.3, 0.4) is 0 Å². The highest BCUT2D eigenvalue weighted by molar-refractivity contribution is 4.94. The Balaban J connectivity index is 1.96. The van der Waals surface area contributed by atoms with Crippen LogP contribution in [0, 0.1) is 0 Å². The number of nitrogens with zero attached hydrogens (tertiary/aromatic N) is 1. The second kappa shape index (κ2) is 4.42. The van der Waals surface area contributed by atoms with E-state index in [2.05, 4.69) is 9.88 Å². The molecule has 0 bridgehead atoms. The molecule has 3 heteroatoms. The maximum absolute atomic E-state index is 10.9. The van der Waals surface area contributed by atoms with Crippen molar-refractivity contribution in [3.63, 3.8) is 0 Å². The van der Waals surface area contributed by atoms with Crippen LogP contribution in [-0.2, 0) is 6.54 Å². The molecule has 2 rings (SSSR count). The second-order valence-corrected chi connectivity index (χ2v) is 3.88. The van der Waals surface area contributed by atoms with Gasteiger partial charge in [0.15, 0.2) is 5.43 Å². The SMILES string of the molecule is O=c1ccn(CC2CCCCN2)cc1. The number of piperidine rings is 1. The third kappa shape index (κ3) is 2.45. The van der Waals surface area contributed by atoms with Crippen molar-refractivity contribution in [3.8, 4) is 0 Å². The van der Waals surface area contributed by atoms with Crippen molar-refractivity contribution < 1.29 is 0 Å². The Morgan fingerprint density at radius 1 is 1.36 bits per heavy atom. The number of aromatic nitrogens is 1. The van der Waals surface area contributed by atoms with Gasteiger partial charge in [0.1, 0.15) is 0 Å². The molecule has 1 aromatic heterocycles. The number of nitrogens with one attached hydrogen (secondary N) is 1. The molecule has 3 nitrogen and oxygen atoms in total. The predicted octanol–water partition coefficient (Wildman–Crippen LogP) is 0.990. The third-order valence-corrected chi connectivity index (χ3v) is 2.70. The highest BCUT2D eigenvalue weighted by atomic mass is 16.1. The third-order valence-electron chi connectivity index (χ3n) is 2.70. The van der Waals surface area contributed by atoms with Crippen molar-refractivity contribution in [1.29, 1.82) is 0 Å². The molecule has 1 unspecified atom stereocenters. The largest absolute Gasteiger partial charge is 0.352 e. The average molecular weight is 192 g/mol. The van der Waals surface area contributed by atoms with Gasteiger partial charge in [-0.25, -0.2) is 0 Å². The molecule has 0 aromatic carbocycles. The van der Waals surface area contributed by atoms with E-state index in [-0.39, 0.29) is 5.43 Å². The van der Waals surface area contributed by atoms with Crippen molar-refractivity contribution in [2.45, 2.75) is 31.8 Å². The minimum Gasteiger partial charge on any atom is -0.352 e. The highest BCUT2D eigenvalue weighted by Crippen LogP contribution is 2.08. The standard InChI is InChI=1S/C11H16N2O/c14-11-4-7-13(8-5-11)9-10-3-1-2-6-12-10/h4-5,7-8,10,12H,1-3,6,9H2. The first-order valence-corrected chi connectivity index (χ1v) is 5.24. The molecule has 0 aliphatic carbocycles. The van der Waals surface area contributed by atoms with Crippen molar-refractivity contribution in [3.05, 3.63) is 34.7 Å². The summed E-state index contributed by atoms with van der Waals surface area (Å²) in [5, 5.41) is 3.48. The normalized spacial score (nSPS) is 22.1. The maximum Gasteiger partial charge on any atom is 0.181 e. The Kier molecular flexibility index (Phi) is 2.99. The van der Waals surface area contributed by atoms with Crippen LogP contribution in [0.1, 0.15) is 19.3 Å². The van der Waals surface area contributed by atoms with E-state index in [1.165, 1.54) is 19.3 Å². The minimum absolute atomic E-state index is 0.0813. The number of hydrogen-bond acceptors (Lipinski definition) is 2. The lowest BCUT2D eigenvalue weighted by Crippen LogP contribution is -2.37. The Labute approximate surface area is 83.8 Å². The zero-order valence-electron chi connectivity index (χ0n) is 8.28. The van der Waals surface area contributed by atoms with E-state index in [1.54, 1.807) is 12.1 Å². The number of rotatable bonds is 2. The fourth-order valence-corrected chi connectivity index (χ4v) is 1.90. The van der Waals surface area contributed by atoms with E-state index in [1.807, 2.05) is 12.4 Å². The zero-order valence-corrected chi connectivity index (χ0v) is 8.28. The van der Waals surface area contributed by atoms with E-state index in [4.69, 9.17) is 0 Å². The van der Waals surface area contributed by atoms with Gasteiger partial charge in [-0.1, -0.05) is 6.42 Å². The Hall–Kier alpha value is -1.09. The highest BCUT2D eigenvalue weighted by Gasteiger charge is 2.11. The van der Waals surface area contributed by atoms with Gasteiger partial charge in [-0.05, 0) is 19.4 Å². The molecule has 0 amide bonds. The number of hydrogen-bond donors (Lipinski definition) is 1. The van der Waals surface area contributed by atoms with Crippen LogP contribution in [0.4, 0.5) is 0 Å². The van der Waals surface area contributed by atoms with Gasteiger partial charge < -0.3 is 9.88 Å². The van der Waals surface area contributed by atoms with E-state index >= 15 is 0 Å². The van der Waals surface area contributed by atoms with Crippen molar-refractivity contribution >= 4 is 0 Å². The molecule has 1 aliphatic rings. The molecule has 76 valence electrons. The van der Waals surface area contributed by atoms with Crippen LogP contribution in [0.15, 0.2) is 29.3 Å². The summed E-state index contributed by atoms with van der Waals surface area (Å²) in [4.78, 5) is 10.9. The molecular formula is C11H16N2O. The molecule has 1 saturated heterocycles. The van der Waals surface area contributed by atoms with E-state index in [9.17, 15) is 4.79 Å². The van der Waals surface area contributed by atoms with Crippen LogP contribution in [0.2, 0.25) is 0 Å². The molecular weight excluding hydrogens is 176 g/mol. The molecule has 0 radical (unpaired) electrons. The Morgan fingerprint density at radius 3 is 2.79 bits per heavy atom. The van der Waals surface area contributed by atoms with Gasteiger partial charge in [0.05, 0.1) is 0 Å². The monoisotopic (exact) mass is 192 g/mol. The first-order chi connectivity index (χ1) is 6.84. The summed E-state index contributed by atoms with van der Waals surface area (Å²) >= 11 is 0. The second-order valence-electron chi connectivity index (χ2n) is 3.88. The fourth-order valence-electron chi connectivity index (χ4n) is 1.90. The molecule has 2 heterocycles. The summed E-state index contributed by atoms with van der Waals surface area (Å²) < 4.78 is 2.07. The Morgan fingerprint density at radius 2 is 2.14 bits per heavy atom. The van der Waals surface area contributed by atoms with E-state index in [0.29, 0.717) is 6.04 Å². The fraction of sp³-hybridized carbons (Fsp3) is 0.545.